The van der Waals surface area contributed by atoms with E-state index in [2.05, 4.69) is 0 Å². The van der Waals surface area contributed by atoms with E-state index in [1.54, 1.807) is 6.07 Å². The van der Waals surface area contributed by atoms with Crippen LogP contribution in [0.15, 0.2) is 0 Å². The lowest BCUT2D eigenvalue weighted by atomic mass is 9.97. The summed E-state index contributed by atoms with van der Waals surface area (Å²) in [4.78, 5) is 11.0. The van der Waals surface area contributed by atoms with Gasteiger partial charge in [0.15, 0.2) is 0 Å². The van der Waals surface area contributed by atoms with Crippen molar-refractivity contribution in [3.63, 3.8) is 0 Å². The van der Waals surface area contributed by atoms with Crippen molar-refractivity contribution in [2.75, 3.05) is 0 Å². The molecule has 0 bridgehead atoms. The van der Waals surface area contributed by atoms with Gasteiger partial charge >= 0.3 is 5.97 Å². The third kappa shape index (κ3) is 4.51. The summed E-state index contributed by atoms with van der Waals surface area (Å²) in [6.07, 6.45) is 2.46. The van der Waals surface area contributed by atoms with Crippen LogP contribution in [0, 0.1) is 11.3 Å². The first-order valence-electron chi connectivity index (χ1n) is 4.66. The normalized spacial score (nSPS) is 14.3. The molecule has 0 spiro atoms. The number of ether oxygens (including phenoxy) is 1. The van der Waals surface area contributed by atoms with Crippen molar-refractivity contribution in [2.24, 2.45) is 0 Å². The van der Waals surface area contributed by atoms with Crippen molar-refractivity contribution >= 4 is 5.97 Å². The molecule has 74 valence electrons. The van der Waals surface area contributed by atoms with Gasteiger partial charge < -0.3 is 4.74 Å². The van der Waals surface area contributed by atoms with Crippen LogP contribution in [0.2, 0.25) is 0 Å². The quantitative estimate of drug-likeness (QED) is 0.615. The molecular weight excluding hydrogens is 166 g/mol. The lowest BCUT2D eigenvalue weighted by Gasteiger charge is -2.27. The van der Waals surface area contributed by atoms with E-state index in [0.717, 1.165) is 19.3 Å². The van der Waals surface area contributed by atoms with Crippen LogP contribution >= 0.6 is 0 Å². The summed E-state index contributed by atoms with van der Waals surface area (Å²) < 4.78 is 5.21. The molecule has 0 aliphatic heterocycles. The predicted octanol–water partition coefficient (Wildman–Crippen LogP) is 2.41. The van der Waals surface area contributed by atoms with Crippen LogP contribution in [0.4, 0.5) is 0 Å². The molecule has 0 unspecified atom stereocenters. The van der Waals surface area contributed by atoms with E-state index in [1.807, 2.05) is 20.8 Å². The number of nitriles is 1. The Morgan fingerprint density at radius 3 is 2.54 bits per heavy atom. The van der Waals surface area contributed by atoms with Gasteiger partial charge in [-0.25, -0.2) is 0 Å². The molecular formula is C10H17NO2. The number of carbonyl (C=O) groups excluding carboxylic acids is 1. The van der Waals surface area contributed by atoms with Gasteiger partial charge in [0.05, 0.1) is 6.07 Å². The van der Waals surface area contributed by atoms with Gasteiger partial charge in [-0.05, 0) is 19.8 Å². The third-order valence-corrected chi connectivity index (χ3v) is 2.11. The number of hydrogen-bond donors (Lipinski definition) is 0. The number of carbonyl (C=O) groups is 1. The molecule has 0 fully saturated rings. The smallest absolute Gasteiger partial charge is 0.320 e. The summed E-state index contributed by atoms with van der Waals surface area (Å²) in [5, 5.41) is 8.29. The summed E-state index contributed by atoms with van der Waals surface area (Å²) in [6, 6.07) is 1.78. The van der Waals surface area contributed by atoms with Gasteiger partial charge in [-0.2, -0.15) is 5.26 Å². The van der Waals surface area contributed by atoms with Crippen LogP contribution < -0.4 is 0 Å². The Morgan fingerprint density at radius 1 is 1.54 bits per heavy atom. The Kier molecular flexibility index (Phi) is 5.13. The van der Waals surface area contributed by atoms with Gasteiger partial charge in [0, 0.05) is 0 Å². The molecule has 0 aromatic rings. The highest BCUT2D eigenvalue weighted by Gasteiger charge is 2.25. The Hall–Kier alpha value is -1.04. The summed E-state index contributed by atoms with van der Waals surface area (Å²) in [5.41, 5.74) is -0.386. The molecule has 1 atom stereocenters. The molecule has 0 heterocycles. The largest absolute Gasteiger partial charge is 0.459 e. The number of nitrogens with zero attached hydrogens (tertiary/aromatic N) is 1. The Balaban J connectivity index is 4.11. The maximum absolute atomic E-state index is 11.0. The molecule has 0 aliphatic carbocycles. The lowest BCUT2D eigenvalue weighted by Crippen LogP contribution is -2.30. The van der Waals surface area contributed by atoms with E-state index in [9.17, 15) is 4.79 Å². The zero-order chi connectivity index (χ0) is 10.3. The minimum atomic E-state index is -0.416. The molecule has 0 amide bonds. The van der Waals surface area contributed by atoms with Crippen molar-refractivity contribution in [1.29, 1.82) is 5.26 Å². The molecule has 0 aliphatic rings. The molecule has 0 rings (SSSR count). The lowest BCUT2D eigenvalue weighted by molar-refractivity contribution is -0.157. The molecule has 3 heteroatoms. The zero-order valence-electron chi connectivity index (χ0n) is 8.59. The second kappa shape index (κ2) is 5.58. The molecule has 0 radical (unpaired) electrons. The van der Waals surface area contributed by atoms with Crippen molar-refractivity contribution in [2.45, 2.75) is 52.1 Å². The standard InChI is InChI=1S/C10H17NO2/c1-4-7-10(3,5-2)13-9(12)6-8-11/h4-7H2,1-3H3/t10-/m1/s1. The fourth-order valence-corrected chi connectivity index (χ4v) is 1.20. The second-order valence-electron chi connectivity index (χ2n) is 3.36. The van der Waals surface area contributed by atoms with Gasteiger partial charge in [0.25, 0.3) is 0 Å². The van der Waals surface area contributed by atoms with Gasteiger partial charge in [0.2, 0.25) is 0 Å². The first kappa shape index (κ1) is 12.0. The van der Waals surface area contributed by atoms with E-state index in [0.29, 0.717) is 0 Å². The molecule has 13 heavy (non-hydrogen) atoms. The maximum Gasteiger partial charge on any atom is 0.320 e. The Bertz CT molecular complexity index is 207. The summed E-state index contributed by atoms with van der Waals surface area (Å²) in [5.74, 6) is -0.416. The van der Waals surface area contributed by atoms with E-state index < -0.39 is 5.97 Å². The Morgan fingerprint density at radius 2 is 2.15 bits per heavy atom. The second-order valence-corrected chi connectivity index (χ2v) is 3.36. The highest BCUT2D eigenvalue weighted by atomic mass is 16.6. The number of esters is 1. The summed E-state index contributed by atoms with van der Waals surface area (Å²) >= 11 is 0. The van der Waals surface area contributed by atoms with E-state index in [-0.39, 0.29) is 12.0 Å². The van der Waals surface area contributed by atoms with Crippen LogP contribution in [-0.2, 0) is 9.53 Å². The van der Waals surface area contributed by atoms with Crippen molar-refractivity contribution in [3.8, 4) is 6.07 Å². The van der Waals surface area contributed by atoms with Gasteiger partial charge in [-0.3, -0.25) is 4.79 Å². The number of rotatable bonds is 5. The maximum atomic E-state index is 11.0. The summed E-state index contributed by atoms with van der Waals surface area (Å²) in [7, 11) is 0. The topological polar surface area (TPSA) is 50.1 Å². The van der Waals surface area contributed by atoms with Gasteiger partial charge in [-0.1, -0.05) is 20.3 Å². The molecule has 0 aromatic heterocycles. The highest BCUT2D eigenvalue weighted by molar-refractivity contribution is 5.72. The van der Waals surface area contributed by atoms with Crippen LogP contribution in [0.3, 0.4) is 0 Å². The van der Waals surface area contributed by atoms with Crippen LogP contribution in [-0.4, -0.2) is 11.6 Å². The minimum absolute atomic E-state index is 0.153. The Labute approximate surface area is 79.7 Å². The fourth-order valence-electron chi connectivity index (χ4n) is 1.20. The zero-order valence-corrected chi connectivity index (χ0v) is 8.59. The minimum Gasteiger partial charge on any atom is -0.459 e. The average Bonchev–Trinajstić information content (AvgIpc) is 2.05. The predicted molar refractivity (Wildman–Crippen MR) is 49.9 cm³/mol. The summed E-state index contributed by atoms with van der Waals surface area (Å²) in [6.45, 7) is 5.94. The van der Waals surface area contributed by atoms with Crippen molar-refractivity contribution in [3.05, 3.63) is 0 Å². The van der Waals surface area contributed by atoms with E-state index >= 15 is 0 Å². The van der Waals surface area contributed by atoms with Crippen LogP contribution in [0.25, 0.3) is 0 Å². The van der Waals surface area contributed by atoms with E-state index in [4.69, 9.17) is 10.00 Å². The number of hydrogen-bond acceptors (Lipinski definition) is 3. The van der Waals surface area contributed by atoms with Crippen molar-refractivity contribution < 1.29 is 9.53 Å². The average molecular weight is 183 g/mol. The monoisotopic (exact) mass is 183 g/mol. The van der Waals surface area contributed by atoms with Gasteiger partial charge in [0.1, 0.15) is 12.0 Å². The molecule has 0 aromatic carbocycles. The highest BCUT2D eigenvalue weighted by Crippen LogP contribution is 2.21. The van der Waals surface area contributed by atoms with Crippen molar-refractivity contribution in [1.82, 2.24) is 0 Å². The molecule has 0 saturated heterocycles. The van der Waals surface area contributed by atoms with Crippen LogP contribution in [0.1, 0.15) is 46.5 Å². The molecule has 0 saturated carbocycles. The van der Waals surface area contributed by atoms with Gasteiger partial charge in [-0.15, -0.1) is 0 Å². The van der Waals surface area contributed by atoms with Crippen LogP contribution in [0.5, 0.6) is 0 Å². The van der Waals surface area contributed by atoms with E-state index in [1.165, 1.54) is 0 Å². The SMILES string of the molecule is CCC[C@@](C)(CC)OC(=O)CC#N. The molecule has 0 N–H and O–H groups in total. The first-order chi connectivity index (χ1) is 6.08. The first-order valence-corrected chi connectivity index (χ1v) is 4.66. The fraction of sp³-hybridized carbons (Fsp3) is 0.800. The molecule has 3 nitrogen and oxygen atoms in total. The third-order valence-electron chi connectivity index (χ3n) is 2.11.